The Bertz CT molecular complexity index is 587. The fourth-order valence-electron chi connectivity index (χ4n) is 3.03. The molecule has 1 fully saturated rings. The molecule has 0 aliphatic heterocycles. The molecule has 1 aliphatic rings. The summed E-state index contributed by atoms with van der Waals surface area (Å²) < 4.78 is 5.29. The number of nitrogens with zero attached hydrogens (tertiary/aromatic N) is 1. The van der Waals surface area contributed by atoms with Crippen molar-refractivity contribution < 1.29 is 14.3 Å². The van der Waals surface area contributed by atoms with Gasteiger partial charge in [0.15, 0.2) is 0 Å². The topological polar surface area (TPSA) is 58.6 Å². The van der Waals surface area contributed by atoms with Gasteiger partial charge in [-0.1, -0.05) is 31.4 Å². The molecule has 0 unspecified atom stereocenters. The third-order valence-corrected chi connectivity index (χ3v) is 4.41. The van der Waals surface area contributed by atoms with Gasteiger partial charge in [0, 0.05) is 5.92 Å². The van der Waals surface area contributed by atoms with Crippen molar-refractivity contribution in [3.05, 3.63) is 29.8 Å². The summed E-state index contributed by atoms with van der Waals surface area (Å²) in [7, 11) is 1.54. The Morgan fingerprint density at radius 1 is 1.12 bits per heavy atom. The number of rotatable bonds is 3. The number of methoxy groups -OCH3 is 1. The van der Waals surface area contributed by atoms with Gasteiger partial charge < -0.3 is 4.74 Å². The van der Waals surface area contributed by atoms with E-state index >= 15 is 0 Å². The highest BCUT2D eigenvalue weighted by Gasteiger charge is 2.32. The molecule has 5 nitrogen and oxygen atoms in total. The molecule has 0 aromatic heterocycles. The maximum atomic E-state index is 13.0. The molecule has 1 aromatic carbocycles. The van der Waals surface area contributed by atoms with Crippen molar-refractivity contribution in [3.63, 3.8) is 0 Å². The van der Waals surface area contributed by atoms with Crippen LogP contribution in [0, 0.1) is 5.92 Å². The van der Waals surface area contributed by atoms with E-state index in [-0.39, 0.29) is 17.7 Å². The van der Waals surface area contributed by atoms with Crippen LogP contribution in [0.1, 0.15) is 63.2 Å². The quantitative estimate of drug-likeness (QED) is 0.861. The largest absolute Gasteiger partial charge is 0.496 e. The van der Waals surface area contributed by atoms with Gasteiger partial charge in [-0.15, -0.1) is 0 Å². The second kappa shape index (κ2) is 7.69. The third-order valence-electron chi connectivity index (χ3n) is 4.41. The first-order chi connectivity index (χ1) is 11.3. The second-order valence-electron chi connectivity index (χ2n) is 7.32. The molecule has 1 aliphatic carbocycles. The van der Waals surface area contributed by atoms with Gasteiger partial charge in [0.05, 0.1) is 18.2 Å². The number of amides is 2. The normalized spacial score (nSPS) is 15.7. The molecular formula is C19H28N2O3. The molecule has 2 rings (SSSR count). The predicted octanol–water partition coefficient (Wildman–Crippen LogP) is 3.55. The van der Waals surface area contributed by atoms with Crippen LogP contribution in [0.5, 0.6) is 5.75 Å². The molecule has 0 bridgehead atoms. The Kier molecular flexibility index (Phi) is 5.86. The fourth-order valence-corrected chi connectivity index (χ4v) is 3.03. The maximum absolute atomic E-state index is 13.0. The van der Waals surface area contributed by atoms with Crippen LogP contribution < -0.4 is 10.2 Å². The zero-order valence-electron chi connectivity index (χ0n) is 15.1. The molecule has 0 radical (unpaired) electrons. The van der Waals surface area contributed by atoms with Gasteiger partial charge in [-0.2, -0.15) is 0 Å². The molecule has 24 heavy (non-hydrogen) atoms. The van der Waals surface area contributed by atoms with Crippen molar-refractivity contribution in [3.8, 4) is 5.75 Å². The van der Waals surface area contributed by atoms with E-state index in [4.69, 9.17) is 4.74 Å². The summed E-state index contributed by atoms with van der Waals surface area (Å²) in [6.45, 7) is 5.71. The van der Waals surface area contributed by atoms with Crippen molar-refractivity contribution in [1.29, 1.82) is 0 Å². The standard InChI is InChI=1S/C19H28N2O3/c1-19(2,3)21(20-17(22)14-10-6-5-7-11-14)18(23)15-12-8-9-13-16(15)24-4/h8-9,12-14H,5-7,10-11H2,1-4H3,(H,20,22). The van der Waals surface area contributed by atoms with Crippen LogP contribution in [0.25, 0.3) is 0 Å². The van der Waals surface area contributed by atoms with Gasteiger partial charge in [-0.25, -0.2) is 5.01 Å². The van der Waals surface area contributed by atoms with Crippen molar-refractivity contribution in [2.45, 2.75) is 58.4 Å². The summed E-state index contributed by atoms with van der Waals surface area (Å²) in [6, 6.07) is 7.07. The predicted molar refractivity (Wildman–Crippen MR) is 93.6 cm³/mol. The number of para-hydroxylation sites is 1. The first-order valence-corrected chi connectivity index (χ1v) is 8.62. The average Bonchev–Trinajstić information content (AvgIpc) is 2.58. The molecule has 2 amide bonds. The Morgan fingerprint density at radius 3 is 2.33 bits per heavy atom. The van der Waals surface area contributed by atoms with Crippen LogP contribution in [0.2, 0.25) is 0 Å². The first kappa shape index (κ1) is 18.3. The summed E-state index contributed by atoms with van der Waals surface area (Å²) in [4.78, 5) is 25.6. The lowest BCUT2D eigenvalue weighted by Gasteiger charge is -2.37. The lowest BCUT2D eigenvalue weighted by atomic mass is 9.89. The van der Waals surface area contributed by atoms with E-state index in [1.54, 1.807) is 18.2 Å². The molecule has 132 valence electrons. The number of hydrogen-bond donors (Lipinski definition) is 1. The highest BCUT2D eigenvalue weighted by atomic mass is 16.5. The molecule has 1 aromatic rings. The van der Waals surface area contributed by atoms with Crippen molar-refractivity contribution in [2.24, 2.45) is 5.92 Å². The van der Waals surface area contributed by atoms with Crippen LogP contribution in [-0.4, -0.2) is 29.5 Å². The molecule has 0 atom stereocenters. The summed E-state index contributed by atoms with van der Waals surface area (Å²) in [5, 5.41) is 1.43. The molecule has 1 N–H and O–H groups in total. The number of carbonyl (C=O) groups excluding carboxylic acids is 2. The number of carbonyl (C=O) groups is 2. The van der Waals surface area contributed by atoms with E-state index in [1.165, 1.54) is 18.5 Å². The SMILES string of the molecule is COc1ccccc1C(=O)N(NC(=O)C1CCCCC1)C(C)(C)C. The first-order valence-electron chi connectivity index (χ1n) is 8.62. The molecule has 5 heteroatoms. The molecule has 0 spiro atoms. The van der Waals surface area contributed by atoms with E-state index < -0.39 is 5.54 Å². The highest BCUT2D eigenvalue weighted by Crippen LogP contribution is 2.26. The van der Waals surface area contributed by atoms with Gasteiger partial charge in [0.2, 0.25) is 5.91 Å². The number of ether oxygens (including phenoxy) is 1. The minimum absolute atomic E-state index is 0.00549. The van der Waals surface area contributed by atoms with Gasteiger partial charge in [0.25, 0.3) is 5.91 Å². The van der Waals surface area contributed by atoms with Gasteiger partial charge in [0.1, 0.15) is 5.75 Å². The Labute approximate surface area is 144 Å². The van der Waals surface area contributed by atoms with E-state index in [0.717, 1.165) is 25.7 Å². The number of benzene rings is 1. The molecule has 0 saturated heterocycles. The van der Waals surface area contributed by atoms with Gasteiger partial charge in [-0.3, -0.25) is 15.0 Å². The minimum Gasteiger partial charge on any atom is -0.496 e. The Balaban J connectivity index is 2.22. The third kappa shape index (κ3) is 4.28. The zero-order chi connectivity index (χ0) is 17.7. The highest BCUT2D eigenvalue weighted by molar-refractivity contribution is 5.98. The van der Waals surface area contributed by atoms with Crippen LogP contribution in [0.3, 0.4) is 0 Å². The van der Waals surface area contributed by atoms with E-state index in [2.05, 4.69) is 5.43 Å². The van der Waals surface area contributed by atoms with Crippen molar-refractivity contribution in [2.75, 3.05) is 7.11 Å². The number of hydrogen-bond acceptors (Lipinski definition) is 3. The summed E-state index contributed by atoms with van der Waals surface area (Å²) in [6.07, 6.45) is 5.13. The smallest absolute Gasteiger partial charge is 0.276 e. The Hall–Kier alpha value is -2.04. The molecule has 1 saturated carbocycles. The van der Waals surface area contributed by atoms with E-state index in [9.17, 15) is 9.59 Å². The monoisotopic (exact) mass is 332 g/mol. The van der Waals surface area contributed by atoms with Crippen molar-refractivity contribution in [1.82, 2.24) is 10.4 Å². The number of nitrogens with one attached hydrogen (secondary N) is 1. The second-order valence-corrected chi connectivity index (χ2v) is 7.32. The van der Waals surface area contributed by atoms with E-state index in [1.807, 2.05) is 26.8 Å². The van der Waals surface area contributed by atoms with Crippen LogP contribution in [0.15, 0.2) is 24.3 Å². The van der Waals surface area contributed by atoms with Crippen LogP contribution >= 0.6 is 0 Å². The van der Waals surface area contributed by atoms with Gasteiger partial charge >= 0.3 is 0 Å². The lowest BCUT2D eigenvalue weighted by molar-refractivity contribution is -0.131. The van der Waals surface area contributed by atoms with Crippen molar-refractivity contribution >= 4 is 11.8 Å². The summed E-state index contributed by atoms with van der Waals surface area (Å²) in [5.74, 6) is 0.176. The van der Waals surface area contributed by atoms with Crippen LogP contribution in [-0.2, 0) is 4.79 Å². The Morgan fingerprint density at radius 2 is 1.75 bits per heavy atom. The zero-order valence-corrected chi connectivity index (χ0v) is 15.1. The fraction of sp³-hybridized carbons (Fsp3) is 0.579. The maximum Gasteiger partial charge on any atom is 0.276 e. The minimum atomic E-state index is -0.539. The number of hydrazine groups is 1. The van der Waals surface area contributed by atoms with Gasteiger partial charge in [-0.05, 0) is 45.7 Å². The average molecular weight is 332 g/mol. The van der Waals surface area contributed by atoms with E-state index in [0.29, 0.717) is 11.3 Å². The summed E-state index contributed by atoms with van der Waals surface area (Å²) in [5.41, 5.74) is 2.77. The molecular weight excluding hydrogens is 304 g/mol. The van der Waals surface area contributed by atoms with Crippen LogP contribution in [0.4, 0.5) is 0 Å². The lowest BCUT2D eigenvalue weighted by Crippen LogP contribution is -2.57. The summed E-state index contributed by atoms with van der Waals surface area (Å²) >= 11 is 0. The molecule has 0 heterocycles.